The summed E-state index contributed by atoms with van der Waals surface area (Å²) in [7, 11) is 0. The van der Waals surface area contributed by atoms with Gasteiger partial charge in [0.05, 0.1) is 21.1 Å². The van der Waals surface area contributed by atoms with Crippen LogP contribution in [0.25, 0.3) is 10.6 Å². The number of carbonyl (C=O) groups is 1. The minimum Gasteiger partial charge on any atom is -0.478 e. The molecule has 3 N–H and O–H groups in total. The fraction of sp³-hybridized carbons (Fsp3) is 0.531. The summed E-state index contributed by atoms with van der Waals surface area (Å²) in [5.41, 5.74) is 9.08. The number of carbonyl (C=O) groups excluding carboxylic acids is 1. The maximum atomic E-state index is 15.2. The molecule has 1 aromatic carbocycles. The number of fused-ring (bicyclic) bond motifs is 1. The first-order chi connectivity index (χ1) is 28.2. The quantitative estimate of drug-likeness (QED) is 0.0827. The molecule has 2 atom stereocenters. The number of hydrogen-bond acceptors (Lipinski definition) is 7. The summed E-state index contributed by atoms with van der Waals surface area (Å²) in [5.74, 6) is 0.216. The number of nitrogens with zero attached hydrogens (tertiary/aromatic N) is 3. The normalized spacial score (nSPS) is 19.8. The highest BCUT2D eigenvalue weighted by Crippen LogP contribution is 2.48. The van der Waals surface area contributed by atoms with Gasteiger partial charge in [0.15, 0.2) is 11.6 Å². The van der Waals surface area contributed by atoms with Gasteiger partial charge in [-0.1, -0.05) is 68.2 Å². The Morgan fingerprint density at radius 3 is 2.64 bits per heavy atom. The number of pyridine rings is 1. The molecule has 0 saturated heterocycles. The number of aliphatic imine (C=N–C) groups is 1. The molecule has 0 radical (unpaired) electrons. The number of likely N-dealkylation sites (N-methyl/N-ethyl adjacent to an activating group) is 1. The predicted molar refractivity (Wildman–Crippen MR) is 245 cm³/mol. The number of rotatable bonds is 19. The average molecular weight is 823 g/mol. The summed E-state index contributed by atoms with van der Waals surface area (Å²) in [6.45, 7) is 23.0. The van der Waals surface area contributed by atoms with Crippen LogP contribution in [-0.4, -0.2) is 54.4 Å². The van der Waals surface area contributed by atoms with Crippen LogP contribution in [0.1, 0.15) is 124 Å². The third-order valence-electron chi connectivity index (χ3n) is 12.2. The average Bonchev–Trinajstić information content (AvgIpc) is 3.88. The smallest absolute Gasteiger partial charge is 0.319 e. The Morgan fingerprint density at radius 2 is 1.93 bits per heavy atom. The molecule has 0 bridgehead atoms. The predicted octanol–water partition coefficient (Wildman–Crippen LogP) is 12.3. The van der Waals surface area contributed by atoms with Crippen molar-refractivity contribution in [3.05, 3.63) is 93.3 Å². The number of urea groups is 1. The van der Waals surface area contributed by atoms with Gasteiger partial charge < -0.3 is 20.7 Å². The Morgan fingerprint density at radius 1 is 1.12 bits per heavy atom. The highest BCUT2D eigenvalue weighted by molar-refractivity contribution is 7.16. The first-order valence-corrected chi connectivity index (χ1v) is 22.7. The summed E-state index contributed by atoms with van der Waals surface area (Å²) in [4.78, 5) is 26.0. The minimum atomic E-state index is -0.804. The SMILES string of the molecule is CCN(CCNCC=C(C)CCC=C(C)CC(C)C1=C(C)CCCC1(C)C)Cc1ccc(-c2cc3c(s2)C(C)(Oc2ccc(NC(=O)NC4CC4)cc2F)CC=N3)nc1. The van der Waals surface area contributed by atoms with Gasteiger partial charge in [-0.3, -0.25) is 14.9 Å². The van der Waals surface area contributed by atoms with E-state index in [4.69, 9.17) is 9.72 Å². The molecule has 6 rings (SSSR count). The Bertz CT molecular complexity index is 2040. The van der Waals surface area contributed by atoms with Gasteiger partial charge in [0, 0.05) is 62.8 Å². The second-order valence-corrected chi connectivity index (χ2v) is 19.0. The first kappa shape index (κ1) is 44.4. The number of allylic oxidation sites excluding steroid dienone is 5. The summed E-state index contributed by atoms with van der Waals surface area (Å²) in [5, 5.41) is 9.18. The molecule has 3 heterocycles. The highest BCUT2D eigenvalue weighted by Gasteiger charge is 2.37. The number of halogens is 1. The largest absolute Gasteiger partial charge is 0.478 e. The zero-order valence-corrected chi connectivity index (χ0v) is 37.6. The van der Waals surface area contributed by atoms with Crippen molar-refractivity contribution in [2.75, 3.05) is 31.5 Å². The van der Waals surface area contributed by atoms with E-state index in [9.17, 15) is 4.79 Å². The Balaban J connectivity index is 0.939. The van der Waals surface area contributed by atoms with Crippen LogP contribution in [0.4, 0.5) is 20.6 Å². The van der Waals surface area contributed by atoms with Gasteiger partial charge in [0.1, 0.15) is 5.60 Å². The van der Waals surface area contributed by atoms with Crippen LogP contribution >= 0.6 is 11.3 Å². The van der Waals surface area contributed by atoms with Crippen LogP contribution in [-0.2, 0) is 12.1 Å². The van der Waals surface area contributed by atoms with Crippen LogP contribution in [0, 0.1) is 17.2 Å². The van der Waals surface area contributed by atoms with Gasteiger partial charge in [-0.05, 0) is 127 Å². The van der Waals surface area contributed by atoms with Gasteiger partial charge in [-0.2, -0.15) is 0 Å². The lowest BCUT2D eigenvalue weighted by Gasteiger charge is -2.38. The van der Waals surface area contributed by atoms with Crippen LogP contribution < -0.4 is 20.7 Å². The number of amides is 2. The third-order valence-corrected chi connectivity index (χ3v) is 13.6. The monoisotopic (exact) mass is 823 g/mol. The summed E-state index contributed by atoms with van der Waals surface area (Å²) in [6.07, 6.45) is 18.4. The Hall–Kier alpha value is -4.12. The summed E-state index contributed by atoms with van der Waals surface area (Å²) >= 11 is 1.58. The number of ether oxygens (including phenoxy) is 1. The van der Waals surface area contributed by atoms with E-state index in [0.29, 0.717) is 23.4 Å². The topological polar surface area (TPSA) is 90.9 Å². The van der Waals surface area contributed by atoms with E-state index >= 15 is 4.39 Å². The molecule has 2 amide bonds. The van der Waals surface area contributed by atoms with E-state index in [2.05, 4.69) is 98.6 Å². The molecule has 59 heavy (non-hydrogen) atoms. The van der Waals surface area contributed by atoms with E-state index in [-0.39, 0.29) is 17.8 Å². The molecule has 8 nitrogen and oxygen atoms in total. The van der Waals surface area contributed by atoms with E-state index in [1.54, 1.807) is 34.6 Å². The molecule has 2 unspecified atom stereocenters. The first-order valence-electron chi connectivity index (χ1n) is 21.9. The zero-order chi connectivity index (χ0) is 42.2. The Labute approximate surface area is 356 Å². The zero-order valence-electron chi connectivity index (χ0n) is 36.8. The number of thiophene rings is 1. The molecule has 2 aromatic heterocycles. The third kappa shape index (κ3) is 12.2. The lowest BCUT2D eigenvalue weighted by atomic mass is 9.67. The molecular weight excluding hydrogens is 756 g/mol. The van der Waals surface area contributed by atoms with E-state index in [1.807, 2.05) is 25.4 Å². The van der Waals surface area contributed by atoms with Crippen LogP contribution in [0.15, 0.2) is 82.0 Å². The van der Waals surface area contributed by atoms with Crippen molar-refractivity contribution < 1.29 is 13.9 Å². The lowest BCUT2D eigenvalue weighted by Crippen LogP contribution is -2.31. The fourth-order valence-corrected chi connectivity index (χ4v) is 10.0. The highest BCUT2D eigenvalue weighted by atomic mass is 32.1. The lowest BCUT2D eigenvalue weighted by molar-refractivity contribution is 0.0938. The standard InChI is InChI=1S/C49H67FN6O2S/c1-9-56(27-26-51-24-21-33(2)12-10-13-34(3)28-36(5)45-35(4)14-11-22-48(45,6)7)32-37-15-19-41(53-31-37)44-30-42-46(59-44)49(8,23-25-52-42)58-43-20-18-39(29-40(43)50)55-47(57)54-38-16-17-38/h13,15,18-21,25,29-31,36,38,51H,9-12,14,16-17,22-24,26-28,32H2,1-8H3,(H2,54,55,57). The molecular formula is C49H67FN6O2S. The maximum absolute atomic E-state index is 15.2. The molecule has 0 spiro atoms. The second kappa shape index (κ2) is 20.0. The van der Waals surface area contributed by atoms with Gasteiger partial charge in [-0.15, -0.1) is 11.3 Å². The van der Waals surface area contributed by atoms with Gasteiger partial charge in [0.2, 0.25) is 0 Å². The number of aromatic nitrogens is 1. The van der Waals surface area contributed by atoms with Gasteiger partial charge in [-0.25, -0.2) is 9.18 Å². The van der Waals surface area contributed by atoms with Crippen LogP contribution in [0.5, 0.6) is 5.75 Å². The summed E-state index contributed by atoms with van der Waals surface area (Å²) in [6, 6.07) is 10.7. The molecule has 3 aromatic rings. The van der Waals surface area contributed by atoms with Gasteiger partial charge >= 0.3 is 6.03 Å². The summed E-state index contributed by atoms with van der Waals surface area (Å²) < 4.78 is 21.6. The van der Waals surface area contributed by atoms with E-state index < -0.39 is 11.4 Å². The van der Waals surface area contributed by atoms with Crippen LogP contribution in [0.3, 0.4) is 0 Å². The number of anilines is 1. The van der Waals surface area contributed by atoms with Crippen molar-refractivity contribution in [3.63, 3.8) is 0 Å². The molecule has 1 saturated carbocycles. The number of hydrogen-bond donors (Lipinski definition) is 3. The van der Waals surface area contributed by atoms with Crippen molar-refractivity contribution in [1.29, 1.82) is 0 Å². The second-order valence-electron chi connectivity index (χ2n) is 18.0. The van der Waals surface area contributed by atoms with Crippen molar-refractivity contribution in [2.24, 2.45) is 16.3 Å². The minimum absolute atomic E-state index is 0.127. The van der Waals surface area contributed by atoms with Crippen molar-refractivity contribution >= 4 is 35.0 Å². The van der Waals surface area contributed by atoms with Gasteiger partial charge in [0.25, 0.3) is 0 Å². The van der Waals surface area contributed by atoms with Crippen molar-refractivity contribution in [2.45, 2.75) is 131 Å². The fourth-order valence-electron chi connectivity index (χ4n) is 8.87. The molecule has 1 aliphatic heterocycles. The van der Waals surface area contributed by atoms with E-state index in [0.717, 1.165) is 79.5 Å². The number of nitrogens with one attached hydrogen (secondary N) is 3. The molecule has 2 aliphatic carbocycles. The molecule has 318 valence electrons. The van der Waals surface area contributed by atoms with Crippen molar-refractivity contribution in [1.82, 2.24) is 20.5 Å². The Kier molecular flexibility index (Phi) is 15.0. The molecule has 10 heteroatoms. The molecule has 1 fully saturated rings. The van der Waals surface area contributed by atoms with Crippen molar-refractivity contribution in [3.8, 4) is 16.3 Å². The van der Waals surface area contributed by atoms with E-state index in [1.165, 1.54) is 48.5 Å². The maximum Gasteiger partial charge on any atom is 0.319 e. The number of benzene rings is 1. The van der Waals surface area contributed by atoms with Crippen LogP contribution in [0.2, 0.25) is 0 Å². The molecule has 3 aliphatic rings.